The number of hydrogen-bond donors (Lipinski definition) is 0. The number of rotatable bonds is 6. The van der Waals surface area contributed by atoms with Crippen LogP contribution in [0, 0.1) is 3.70 Å². The molecule has 0 bridgehead atoms. The first kappa shape index (κ1) is 32.1. The van der Waals surface area contributed by atoms with Crippen molar-refractivity contribution in [2.45, 2.75) is 0 Å². The number of pyridine rings is 2. The molecule has 0 fully saturated rings. The van der Waals surface area contributed by atoms with Crippen LogP contribution in [-0.4, -0.2) is 75.0 Å². The first-order valence-corrected chi connectivity index (χ1v) is 13.3. The normalized spacial score (nSPS) is 9.72. The van der Waals surface area contributed by atoms with Gasteiger partial charge in [0, 0.05) is 40.8 Å². The van der Waals surface area contributed by atoms with E-state index in [1.54, 1.807) is 24.5 Å². The monoisotopic (exact) mass is 773 g/mol. The molecule has 39 heavy (non-hydrogen) atoms. The molecule has 204 valence electrons. The minimum absolute atomic E-state index is 0.230. The van der Waals surface area contributed by atoms with E-state index in [0.717, 1.165) is 17.7 Å². The second-order valence-corrected chi connectivity index (χ2v) is 9.80. The summed E-state index contributed by atoms with van der Waals surface area (Å²) < 4.78 is 12.8. The average molecular weight is 775 g/mol. The third-order valence-corrected chi connectivity index (χ3v) is 6.00. The number of carbonyl (C=O) groups excluding carboxylic acids is 2. The zero-order valence-corrected chi connectivity index (χ0v) is 26.4. The van der Waals surface area contributed by atoms with Gasteiger partial charge < -0.3 is 9.47 Å². The van der Waals surface area contributed by atoms with Crippen molar-refractivity contribution < 1.29 is 23.9 Å². The summed E-state index contributed by atoms with van der Waals surface area (Å²) in [6, 6.07) is 7.29. The molecule has 0 aliphatic carbocycles. The number of hydroxylamine groups is 2. The molecule has 0 unspecified atom stereocenters. The highest BCUT2D eigenvalue weighted by molar-refractivity contribution is 14.1. The lowest BCUT2D eigenvalue weighted by Gasteiger charge is -2.14. The Morgan fingerprint density at radius 1 is 0.769 bits per heavy atom. The van der Waals surface area contributed by atoms with E-state index in [1.807, 2.05) is 12.1 Å². The van der Waals surface area contributed by atoms with Crippen LogP contribution < -0.4 is 9.47 Å². The summed E-state index contributed by atoms with van der Waals surface area (Å²) in [7, 11) is 5.78. The first-order valence-electron chi connectivity index (χ1n) is 10.6. The Morgan fingerprint density at radius 2 is 1.31 bits per heavy atom. The van der Waals surface area contributed by atoms with Crippen LogP contribution in [-0.2, 0) is 4.84 Å². The number of amides is 1. The van der Waals surface area contributed by atoms with Gasteiger partial charge in [-0.2, -0.15) is 0 Å². The van der Waals surface area contributed by atoms with Crippen LogP contribution in [0.4, 0.5) is 0 Å². The molecule has 0 saturated heterocycles. The minimum atomic E-state index is -0.357. The van der Waals surface area contributed by atoms with Gasteiger partial charge in [-0.15, -0.1) is 0 Å². The number of halogens is 3. The average Bonchev–Trinajstić information content (AvgIpc) is 2.98. The summed E-state index contributed by atoms with van der Waals surface area (Å²) in [6.07, 6.45) is 8.76. The van der Waals surface area contributed by atoms with Crippen molar-refractivity contribution in [2.75, 3.05) is 28.4 Å². The van der Waals surface area contributed by atoms with Gasteiger partial charge in [-0.05, 0) is 78.7 Å². The maximum absolute atomic E-state index is 12.1. The Morgan fingerprint density at radius 3 is 1.77 bits per heavy atom. The molecule has 0 aromatic carbocycles. The van der Waals surface area contributed by atoms with Crippen LogP contribution in [0.3, 0.4) is 0 Å². The fraction of sp³-hybridized carbons (Fsp3) is 0.167. The molecular formula is C24H22Br2IN7O5. The van der Waals surface area contributed by atoms with Crippen LogP contribution in [0.15, 0.2) is 70.7 Å². The highest BCUT2D eigenvalue weighted by Gasteiger charge is 2.18. The lowest BCUT2D eigenvalue weighted by molar-refractivity contribution is -0.0759. The van der Waals surface area contributed by atoms with E-state index in [0.29, 0.717) is 11.3 Å². The smallest absolute Gasteiger partial charge is 0.284 e. The van der Waals surface area contributed by atoms with Gasteiger partial charge in [0.15, 0.2) is 0 Å². The van der Waals surface area contributed by atoms with Crippen molar-refractivity contribution in [1.82, 2.24) is 35.0 Å². The fourth-order valence-corrected chi connectivity index (χ4v) is 3.31. The highest BCUT2D eigenvalue weighted by Crippen LogP contribution is 2.17. The number of aromatic nitrogens is 6. The summed E-state index contributed by atoms with van der Waals surface area (Å²) in [6.45, 7) is 0. The summed E-state index contributed by atoms with van der Waals surface area (Å²) in [5.74, 6) is -0.150. The van der Waals surface area contributed by atoms with Crippen LogP contribution in [0.1, 0.15) is 26.4 Å². The molecule has 4 heterocycles. The number of ketones is 1. The van der Waals surface area contributed by atoms with Gasteiger partial charge in [0.1, 0.15) is 33.2 Å². The lowest BCUT2D eigenvalue weighted by atomic mass is 10.1. The predicted octanol–water partition coefficient (Wildman–Crippen LogP) is 4.44. The fourth-order valence-electron chi connectivity index (χ4n) is 2.52. The van der Waals surface area contributed by atoms with Crippen LogP contribution in [0.25, 0.3) is 0 Å². The molecule has 12 nitrogen and oxygen atoms in total. The number of carbonyl (C=O) groups is 2. The molecule has 0 atom stereocenters. The van der Waals surface area contributed by atoms with Crippen molar-refractivity contribution in [3.8, 4) is 11.8 Å². The zero-order chi connectivity index (χ0) is 28.8. The van der Waals surface area contributed by atoms with E-state index in [4.69, 9.17) is 14.3 Å². The maximum atomic E-state index is 12.1. The van der Waals surface area contributed by atoms with E-state index in [1.165, 1.54) is 53.4 Å². The Labute approximate surface area is 254 Å². The molecule has 0 radical (unpaired) electrons. The van der Waals surface area contributed by atoms with E-state index in [-0.39, 0.29) is 29.0 Å². The van der Waals surface area contributed by atoms with Gasteiger partial charge >= 0.3 is 0 Å². The Hall–Kier alpha value is -3.15. The molecule has 4 aromatic rings. The quantitative estimate of drug-likeness (QED) is 0.119. The standard InChI is InChI=1S/C11H8BrN3O2.C8H11N3O3.C5H3BrIN/c1-17-11-8(5-13-6-15-11)10(16)9-3-2-7(12)4-14-9;1-11(14-3)8(12)6-4-9-5-10-7(6)13-2;6-4-1-2-5(7)8-3-4/h2-6H,1H3;4-5H,1-3H3;1-3H. The summed E-state index contributed by atoms with van der Waals surface area (Å²) in [4.78, 5) is 51.7. The van der Waals surface area contributed by atoms with Gasteiger partial charge in [0.2, 0.25) is 17.5 Å². The number of nitrogens with zero attached hydrogens (tertiary/aromatic N) is 7. The van der Waals surface area contributed by atoms with E-state index in [2.05, 4.69) is 84.4 Å². The molecular weight excluding hydrogens is 753 g/mol. The van der Waals surface area contributed by atoms with Crippen molar-refractivity contribution in [2.24, 2.45) is 0 Å². The Bertz CT molecular complexity index is 1340. The largest absolute Gasteiger partial charge is 0.480 e. The molecule has 0 saturated carbocycles. The molecule has 0 aliphatic heterocycles. The number of hydrogen-bond acceptors (Lipinski definition) is 11. The molecule has 0 N–H and O–H groups in total. The van der Waals surface area contributed by atoms with Crippen LogP contribution in [0.2, 0.25) is 0 Å². The lowest BCUT2D eigenvalue weighted by Crippen LogP contribution is -2.26. The molecule has 1 amide bonds. The Kier molecular flexibility index (Phi) is 13.8. The Balaban J connectivity index is 0.000000218. The van der Waals surface area contributed by atoms with Crippen molar-refractivity contribution >= 4 is 66.1 Å². The topological polar surface area (TPSA) is 142 Å². The first-order chi connectivity index (χ1) is 18.7. The molecule has 4 aromatic heterocycles. The second-order valence-electron chi connectivity index (χ2n) is 6.87. The van der Waals surface area contributed by atoms with E-state index >= 15 is 0 Å². The van der Waals surface area contributed by atoms with Gasteiger partial charge in [-0.1, -0.05) is 0 Å². The molecule has 0 spiro atoms. The molecule has 0 aliphatic rings. The third kappa shape index (κ3) is 10.2. The van der Waals surface area contributed by atoms with Crippen molar-refractivity contribution in [3.05, 3.63) is 91.2 Å². The highest BCUT2D eigenvalue weighted by atomic mass is 127. The van der Waals surface area contributed by atoms with Crippen molar-refractivity contribution in [3.63, 3.8) is 0 Å². The summed E-state index contributed by atoms with van der Waals surface area (Å²) >= 11 is 8.70. The summed E-state index contributed by atoms with van der Waals surface area (Å²) in [5, 5.41) is 1.07. The van der Waals surface area contributed by atoms with Gasteiger partial charge in [-0.3, -0.25) is 19.4 Å². The zero-order valence-electron chi connectivity index (χ0n) is 21.1. The van der Waals surface area contributed by atoms with Crippen molar-refractivity contribution in [1.29, 1.82) is 0 Å². The van der Waals surface area contributed by atoms with Gasteiger partial charge in [0.25, 0.3) is 5.91 Å². The predicted molar refractivity (Wildman–Crippen MR) is 156 cm³/mol. The third-order valence-electron chi connectivity index (χ3n) is 4.42. The molecule has 4 rings (SSSR count). The number of methoxy groups -OCH3 is 2. The minimum Gasteiger partial charge on any atom is -0.480 e. The summed E-state index contributed by atoms with van der Waals surface area (Å²) in [5.41, 5.74) is 0.880. The van der Waals surface area contributed by atoms with Crippen LogP contribution >= 0.6 is 54.5 Å². The van der Waals surface area contributed by atoms with Crippen LogP contribution in [0.5, 0.6) is 11.8 Å². The van der Waals surface area contributed by atoms with Gasteiger partial charge in [-0.25, -0.2) is 30.0 Å². The van der Waals surface area contributed by atoms with E-state index in [9.17, 15) is 9.59 Å². The number of ether oxygens (including phenoxy) is 2. The second kappa shape index (κ2) is 16.7. The van der Waals surface area contributed by atoms with Gasteiger partial charge in [0.05, 0.1) is 21.3 Å². The molecule has 15 heteroatoms. The SMILES string of the molecule is Brc1ccc(I)nc1.COc1ncncc1C(=O)N(C)OC.COc1ncncc1C(=O)c1ccc(Br)cn1. The maximum Gasteiger partial charge on any atom is 0.284 e. The van der Waals surface area contributed by atoms with E-state index < -0.39 is 0 Å².